The summed E-state index contributed by atoms with van der Waals surface area (Å²) in [5.41, 5.74) is 6.63. The topological polar surface area (TPSA) is 100 Å². The summed E-state index contributed by atoms with van der Waals surface area (Å²) in [6, 6.07) is 6.39. The number of hydrogen-bond acceptors (Lipinski definition) is 6. The van der Waals surface area contributed by atoms with Crippen LogP contribution < -0.4 is 10.5 Å². The summed E-state index contributed by atoms with van der Waals surface area (Å²) in [5.74, 6) is -0.250. The van der Waals surface area contributed by atoms with Crippen molar-refractivity contribution in [3.63, 3.8) is 0 Å². The third-order valence-electron chi connectivity index (χ3n) is 4.33. The summed E-state index contributed by atoms with van der Waals surface area (Å²) >= 11 is 0. The van der Waals surface area contributed by atoms with E-state index in [0.29, 0.717) is 23.1 Å². The summed E-state index contributed by atoms with van der Waals surface area (Å²) < 4.78 is 25.6. The normalized spacial score (nSPS) is 13.3. The second-order valence-electron chi connectivity index (χ2n) is 7.49. The highest BCUT2D eigenvalue weighted by Gasteiger charge is 2.31. The Hall–Kier alpha value is -3.29. The highest BCUT2D eigenvalue weighted by atomic mass is 19.1. The number of benzene rings is 1. The van der Waals surface area contributed by atoms with Gasteiger partial charge in [0, 0.05) is 24.2 Å². The third-order valence-corrected chi connectivity index (χ3v) is 4.33. The van der Waals surface area contributed by atoms with E-state index in [-0.39, 0.29) is 18.3 Å². The highest BCUT2D eigenvalue weighted by molar-refractivity contribution is 5.88. The predicted molar refractivity (Wildman–Crippen MR) is 107 cm³/mol. The number of nitrogens with zero attached hydrogens (tertiary/aromatic N) is 3. The Morgan fingerprint density at radius 3 is 2.59 bits per heavy atom. The Kier molecular flexibility index (Phi) is 5.91. The first-order valence-electron chi connectivity index (χ1n) is 9.24. The maximum absolute atomic E-state index is 14.7. The molecule has 1 unspecified atom stereocenters. The molecule has 0 aliphatic carbocycles. The van der Waals surface area contributed by atoms with Gasteiger partial charge in [-0.3, -0.25) is 4.98 Å². The van der Waals surface area contributed by atoms with Crippen molar-refractivity contribution in [3.05, 3.63) is 48.7 Å². The SMILES string of the molecule is CC(C)CC(C)(COc1ccc(-c2ccnc3nccnc23)cc1F)OC(N)=O. The van der Waals surface area contributed by atoms with Gasteiger partial charge in [0.15, 0.2) is 17.2 Å². The van der Waals surface area contributed by atoms with E-state index in [0.717, 1.165) is 5.56 Å². The van der Waals surface area contributed by atoms with Crippen molar-refractivity contribution >= 4 is 17.3 Å². The van der Waals surface area contributed by atoms with Crippen LogP contribution in [0.15, 0.2) is 42.9 Å². The number of ether oxygens (including phenoxy) is 2. The predicted octanol–water partition coefficient (Wildman–Crippen LogP) is 4.11. The number of amides is 1. The summed E-state index contributed by atoms with van der Waals surface area (Å²) in [6.45, 7) is 5.67. The average Bonchev–Trinajstić information content (AvgIpc) is 2.65. The highest BCUT2D eigenvalue weighted by Crippen LogP contribution is 2.30. The molecule has 1 atom stereocenters. The van der Waals surface area contributed by atoms with Crippen molar-refractivity contribution in [1.82, 2.24) is 15.0 Å². The summed E-state index contributed by atoms with van der Waals surface area (Å²) in [7, 11) is 0. The number of primary amides is 1. The lowest BCUT2D eigenvalue weighted by Crippen LogP contribution is -2.41. The fourth-order valence-corrected chi connectivity index (χ4v) is 3.36. The largest absolute Gasteiger partial charge is 0.486 e. The van der Waals surface area contributed by atoms with Gasteiger partial charge in [-0.15, -0.1) is 0 Å². The molecule has 0 spiro atoms. The van der Waals surface area contributed by atoms with Crippen LogP contribution in [0.2, 0.25) is 0 Å². The summed E-state index contributed by atoms with van der Waals surface area (Å²) in [4.78, 5) is 23.9. The lowest BCUT2D eigenvalue weighted by atomic mass is 9.95. The minimum absolute atomic E-state index is 0.0198. The molecule has 8 heteroatoms. The van der Waals surface area contributed by atoms with Crippen LogP contribution in [-0.4, -0.2) is 33.3 Å². The first-order valence-corrected chi connectivity index (χ1v) is 9.24. The second kappa shape index (κ2) is 8.38. The third kappa shape index (κ3) is 4.96. The van der Waals surface area contributed by atoms with E-state index in [2.05, 4.69) is 15.0 Å². The monoisotopic (exact) mass is 398 g/mol. The van der Waals surface area contributed by atoms with Gasteiger partial charge in [-0.05, 0) is 43.0 Å². The first kappa shape index (κ1) is 20.4. The Bertz CT molecular complexity index is 1020. The fraction of sp³-hybridized carbons (Fsp3) is 0.333. The first-order chi connectivity index (χ1) is 13.8. The van der Waals surface area contributed by atoms with Gasteiger partial charge < -0.3 is 15.2 Å². The molecule has 2 heterocycles. The van der Waals surface area contributed by atoms with Crippen LogP contribution >= 0.6 is 0 Å². The molecule has 0 aliphatic rings. The molecule has 0 saturated carbocycles. The van der Waals surface area contributed by atoms with Crippen molar-refractivity contribution in [2.24, 2.45) is 11.7 Å². The quantitative estimate of drug-likeness (QED) is 0.643. The van der Waals surface area contributed by atoms with Crippen LogP contribution in [0.3, 0.4) is 0 Å². The zero-order valence-electron chi connectivity index (χ0n) is 16.6. The van der Waals surface area contributed by atoms with Crippen LogP contribution in [-0.2, 0) is 4.74 Å². The Morgan fingerprint density at radius 1 is 1.17 bits per heavy atom. The number of fused-ring (bicyclic) bond motifs is 1. The molecule has 7 nitrogen and oxygen atoms in total. The summed E-state index contributed by atoms with van der Waals surface area (Å²) in [5, 5.41) is 0. The standard InChI is InChI=1S/C21H23FN4O3/c1-13(2)11-21(3,29-20(23)27)12-28-17-5-4-14(10-16(17)22)15-6-7-25-19-18(15)24-8-9-26-19/h4-10,13H,11-12H2,1-3H3,(H2,23,27). The van der Waals surface area contributed by atoms with Crippen LogP contribution in [0.5, 0.6) is 5.75 Å². The number of halogens is 1. The Labute approximate surface area is 168 Å². The number of carbonyl (C=O) groups is 1. The number of rotatable bonds is 7. The second-order valence-corrected chi connectivity index (χ2v) is 7.49. The zero-order valence-corrected chi connectivity index (χ0v) is 16.6. The van der Waals surface area contributed by atoms with Gasteiger partial charge in [-0.25, -0.2) is 19.2 Å². The lowest BCUT2D eigenvalue weighted by Gasteiger charge is -2.30. The molecule has 0 aliphatic heterocycles. The minimum atomic E-state index is -0.956. The molecule has 1 aromatic carbocycles. The maximum Gasteiger partial charge on any atom is 0.405 e. The lowest BCUT2D eigenvalue weighted by molar-refractivity contribution is -0.0193. The summed E-state index contributed by atoms with van der Waals surface area (Å²) in [6.07, 6.45) is 4.36. The van der Waals surface area contributed by atoms with Gasteiger partial charge in [-0.2, -0.15) is 0 Å². The maximum atomic E-state index is 14.7. The van der Waals surface area contributed by atoms with E-state index in [1.54, 1.807) is 37.6 Å². The fourth-order valence-electron chi connectivity index (χ4n) is 3.36. The van der Waals surface area contributed by atoms with Crippen LogP contribution in [0.1, 0.15) is 27.2 Å². The van der Waals surface area contributed by atoms with Gasteiger partial charge in [-0.1, -0.05) is 19.9 Å². The van der Waals surface area contributed by atoms with E-state index < -0.39 is 17.5 Å². The van der Waals surface area contributed by atoms with E-state index in [1.165, 1.54) is 12.1 Å². The van der Waals surface area contributed by atoms with Crippen LogP contribution in [0, 0.1) is 11.7 Å². The molecule has 2 aromatic heterocycles. The van der Waals surface area contributed by atoms with Crippen LogP contribution in [0.25, 0.3) is 22.3 Å². The molecule has 2 N–H and O–H groups in total. The molecule has 1 amide bonds. The van der Waals surface area contributed by atoms with Crippen molar-refractivity contribution < 1.29 is 18.7 Å². The van der Waals surface area contributed by atoms with E-state index in [9.17, 15) is 9.18 Å². The van der Waals surface area contributed by atoms with Crippen molar-refractivity contribution in [3.8, 4) is 16.9 Å². The number of carbonyl (C=O) groups excluding carboxylic acids is 1. The molecular weight excluding hydrogens is 375 g/mol. The molecule has 3 aromatic rings. The van der Waals surface area contributed by atoms with Gasteiger partial charge in [0.25, 0.3) is 0 Å². The molecule has 0 fully saturated rings. The molecule has 152 valence electrons. The van der Waals surface area contributed by atoms with Crippen molar-refractivity contribution in [2.45, 2.75) is 32.8 Å². The van der Waals surface area contributed by atoms with Gasteiger partial charge in [0.1, 0.15) is 17.7 Å². The smallest absolute Gasteiger partial charge is 0.405 e. The molecule has 3 rings (SSSR count). The molecular formula is C21H23FN4O3. The average molecular weight is 398 g/mol. The van der Waals surface area contributed by atoms with Gasteiger partial charge in [0.2, 0.25) is 0 Å². The number of hydrogen-bond donors (Lipinski definition) is 1. The Balaban J connectivity index is 1.83. The molecule has 0 saturated heterocycles. The van der Waals surface area contributed by atoms with Crippen LogP contribution in [0.4, 0.5) is 9.18 Å². The van der Waals surface area contributed by atoms with E-state index >= 15 is 0 Å². The van der Waals surface area contributed by atoms with Crippen molar-refractivity contribution in [1.29, 1.82) is 0 Å². The zero-order chi connectivity index (χ0) is 21.0. The molecule has 29 heavy (non-hydrogen) atoms. The Morgan fingerprint density at radius 2 is 1.90 bits per heavy atom. The van der Waals surface area contributed by atoms with Gasteiger partial charge >= 0.3 is 6.09 Å². The number of aromatic nitrogens is 3. The molecule has 0 radical (unpaired) electrons. The van der Waals surface area contributed by atoms with E-state index in [1.807, 2.05) is 13.8 Å². The van der Waals surface area contributed by atoms with Crippen molar-refractivity contribution in [2.75, 3.05) is 6.61 Å². The molecule has 0 bridgehead atoms. The van der Waals surface area contributed by atoms with Gasteiger partial charge in [0.05, 0.1) is 0 Å². The van der Waals surface area contributed by atoms with E-state index in [4.69, 9.17) is 15.2 Å². The minimum Gasteiger partial charge on any atom is -0.486 e. The number of nitrogens with two attached hydrogens (primary N) is 1. The number of pyridine rings is 1.